The van der Waals surface area contributed by atoms with Crippen molar-refractivity contribution in [2.75, 3.05) is 32.1 Å². The highest BCUT2D eigenvalue weighted by Crippen LogP contribution is 2.25. The van der Waals surface area contributed by atoms with E-state index >= 15 is 0 Å². The second-order valence-electron chi connectivity index (χ2n) is 5.64. The topological polar surface area (TPSA) is 45.4 Å². The first-order chi connectivity index (χ1) is 8.49. The summed E-state index contributed by atoms with van der Waals surface area (Å²) in [6.45, 7) is 6.45. The first-order valence-corrected chi connectivity index (χ1v) is 6.62. The minimum Gasteiger partial charge on any atom is -0.368 e. The van der Waals surface area contributed by atoms with Gasteiger partial charge in [0.1, 0.15) is 0 Å². The van der Waals surface area contributed by atoms with Crippen molar-refractivity contribution in [2.24, 2.45) is 11.7 Å². The van der Waals surface area contributed by atoms with Crippen LogP contribution in [0.1, 0.15) is 25.6 Å². The van der Waals surface area contributed by atoms with Crippen molar-refractivity contribution in [3.8, 4) is 0 Å². The van der Waals surface area contributed by atoms with E-state index in [1.54, 1.807) is 0 Å². The lowest BCUT2D eigenvalue weighted by Gasteiger charge is -2.23. The van der Waals surface area contributed by atoms with Gasteiger partial charge in [0, 0.05) is 25.2 Å². The van der Waals surface area contributed by atoms with Gasteiger partial charge in [0.15, 0.2) is 0 Å². The maximum atomic E-state index is 5.82. The number of hydrogen-bond acceptors (Lipinski definition) is 4. The van der Waals surface area contributed by atoms with Crippen LogP contribution in [0.25, 0.3) is 0 Å². The van der Waals surface area contributed by atoms with Crippen molar-refractivity contribution >= 4 is 5.69 Å². The molecule has 1 saturated heterocycles. The Morgan fingerprint density at radius 3 is 2.56 bits per heavy atom. The Morgan fingerprint density at radius 1 is 1.39 bits per heavy atom. The summed E-state index contributed by atoms with van der Waals surface area (Å²) in [6, 6.07) is 4.80. The van der Waals surface area contributed by atoms with Crippen LogP contribution in [0.3, 0.4) is 0 Å². The van der Waals surface area contributed by atoms with Crippen molar-refractivity contribution in [3.63, 3.8) is 0 Å². The van der Waals surface area contributed by atoms with Crippen LogP contribution in [-0.4, -0.2) is 43.1 Å². The smallest absolute Gasteiger partial charge is 0.0569 e. The average molecular weight is 248 g/mol. The minimum absolute atomic E-state index is 0.00563. The summed E-state index contributed by atoms with van der Waals surface area (Å²) in [5, 5.41) is 0. The molecule has 1 aliphatic rings. The standard InChI is InChI=1S/C14H24N4/c1-10-8-18(9-14(10)17(3)4)12-5-6-13(11(2)15)16-7-12/h5-7,10-11,14H,8-9,15H2,1-4H3/t10?,11-,14?/m1/s1. The van der Waals surface area contributed by atoms with E-state index in [0.29, 0.717) is 12.0 Å². The zero-order valence-corrected chi connectivity index (χ0v) is 11.8. The summed E-state index contributed by atoms with van der Waals surface area (Å²) in [4.78, 5) is 9.16. The van der Waals surface area contributed by atoms with Gasteiger partial charge in [0.25, 0.3) is 0 Å². The summed E-state index contributed by atoms with van der Waals surface area (Å²) < 4.78 is 0. The Balaban J connectivity index is 2.09. The third-order valence-electron chi connectivity index (χ3n) is 3.84. The molecule has 0 spiro atoms. The third-order valence-corrected chi connectivity index (χ3v) is 3.84. The highest BCUT2D eigenvalue weighted by Gasteiger charge is 2.31. The number of hydrogen-bond donors (Lipinski definition) is 1. The van der Waals surface area contributed by atoms with Crippen molar-refractivity contribution in [1.82, 2.24) is 9.88 Å². The van der Waals surface area contributed by atoms with E-state index < -0.39 is 0 Å². The van der Waals surface area contributed by atoms with Gasteiger partial charge in [-0.05, 0) is 39.1 Å². The quantitative estimate of drug-likeness (QED) is 0.880. The number of nitrogens with two attached hydrogens (primary N) is 1. The van der Waals surface area contributed by atoms with E-state index in [-0.39, 0.29) is 6.04 Å². The molecule has 100 valence electrons. The van der Waals surface area contributed by atoms with E-state index in [1.165, 1.54) is 5.69 Å². The molecule has 0 aromatic carbocycles. The Kier molecular flexibility index (Phi) is 3.88. The fraction of sp³-hybridized carbons (Fsp3) is 0.643. The Morgan fingerprint density at radius 2 is 2.11 bits per heavy atom. The molecule has 4 heteroatoms. The number of likely N-dealkylation sites (N-methyl/N-ethyl adjacent to an activating group) is 1. The SMILES string of the molecule is CC1CN(c2ccc([C@@H](C)N)nc2)CC1N(C)C. The maximum absolute atomic E-state index is 5.82. The monoisotopic (exact) mass is 248 g/mol. The lowest BCUT2D eigenvalue weighted by atomic mass is 10.1. The Hall–Kier alpha value is -1.13. The predicted octanol–water partition coefficient (Wildman–Crippen LogP) is 1.49. The van der Waals surface area contributed by atoms with Crippen LogP contribution in [0, 0.1) is 5.92 Å². The summed E-state index contributed by atoms with van der Waals surface area (Å²) >= 11 is 0. The second-order valence-corrected chi connectivity index (χ2v) is 5.64. The fourth-order valence-electron chi connectivity index (χ4n) is 2.69. The molecule has 1 fully saturated rings. The van der Waals surface area contributed by atoms with Crippen LogP contribution >= 0.6 is 0 Å². The molecule has 2 N–H and O–H groups in total. The largest absolute Gasteiger partial charge is 0.368 e. The van der Waals surface area contributed by atoms with Gasteiger partial charge in [0.2, 0.25) is 0 Å². The van der Waals surface area contributed by atoms with Gasteiger partial charge >= 0.3 is 0 Å². The van der Waals surface area contributed by atoms with E-state index in [2.05, 4.69) is 41.9 Å². The number of pyridine rings is 1. The van der Waals surface area contributed by atoms with Crippen molar-refractivity contribution in [3.05, 3.63) is 24.0 Å². The lowest BCUT2D eigenvalue weighted by Crippen LogP contribution is -2.34. The van der Waals surface area contributed by atoms with E-state index in [9.17, 15) is 0 Å². The highest BCUT2D eigenvalue weighted by atomic mass is 15.2. The Labute approximate surface area is 110 Å². The van der Waals surface area contributed by atoms with Crippen LogP contribution in [0.2, 0.25) is 0 Å². The summed E-state index contributed by atoms with van der Waals surface area (Å²) in [7, 11) is 4.31. The van der Waals surface area contributed by atoms with Gasteiger partial charge in [-0.1, -0.05) is 6.92 Å². The molecule has 1 aromatic rings. The molecule has 2 unspecified atom stereocenters. The summed E-state index contributed by atoms with van der Waals surface area (Å²) in [6.07, 6.45) is 1.95. The van der Waals surface area contributed by atoms with Crippen LogP contribution in [0.4, 0.5) is 5.69 Å². The van der Waals surface area contributed by atoms with Gasteiger partial charge in [-0.2, -0.15) is 0 Å². The zero-order chi connectivity index (χ0) is 13.3. The Bertz CT molecular complexity index is 385. The van der Waals surface area contributed by atoms with Gasteiger partial charge in [-0.15, -0.1) is 0 Å². The average Bonchev–Trinajstić information content (AvgIpc) is 2.71. The summed E-state index contributed by atoms with van der Waals surface area (Å²) in [5.74, 6) is 0.688. The third kappa shape index (κ3) is 2.65. The highest BCUT2D eigenvalue weighted by molar-refractivity contribution is 5.46. The molecule has 3 atom stereocenters. The molecule has 1 aliphatic heterocycles. The molecule has 2 heterocycles. The van der Waals surface area contributed by atoms with Gasteiger partial charge in [0.05, 0.1) is 17.6 Å². The van der Waals surface area contributed by atoms with Crippen LogP contribution in [-0.2, 0) is 0 Å². The molecule has 4 nitrogen and oxygen atoms in total. The van der Waals surface area contributed by atoms with Gasteiger partial charge < -0.3 is 15.5 Å². The van der Waals surface area contributed by atoms with Crippen molar-refractivity contribution < 1.29 is 0 Å². The van der Waals surface area contributed by atoms with Crippen LogP contribution in [0.15, 0.2) is 18.3 Å². The first-order valence-electron chi connectivity index (χ1n) is 6.62. The molecule has 2 rings (SSSR count). The van der Waals surface area contributed by atoms with Crippen molar-refractivity contribution in [1.29, 1.82) is 0 Å². The molecule has 0 amide bonds. The van der Waals surface area contributed by atoms with Gasteiger partial charge in [-0.3, -0.25) is 4.98 Å². The number of rotatable bonds is 3. The molecular formula is C14H24N4. The minimum atomic E-state index is 0.00563. The van der Waals surface area contributed by atoms with Crippen molar-refractivity contribution in [2.45, 2.75) is 25.9 Å². The predicted molar refractivity (Wildman–Crippen MR) is 75.7 cm³/mol. The maximum Gasteiger partial charge on any atom is 0.0569 e. The number of nitrogens with zero attached hydrogens (tertiary/aromatic N) is 3. The van der Waals surface area contributed by atoms with Crippen LogP contribution < -0.4 is 10.6 Å². The molecule has 0 aliphatic carbocycles. The molecule has 0 saturated carbocycles. The molecule has 1 aromatic heterocycles. The summed E-state index contributed by atoms with van der Waals surface area (Å²) in [5.41, 5.74) is 7.98. The molecular weight excluding hydrogens is 224 g/mol. The first kappa shape index (κ1) is 13.3. The van der Waals surface area contributed by atoms with Crippen LogP contribution in [0.5, 0.6) is 0 Å². The van der Waals surface area contributed by atoms with Gasteiger partial charge in [-0.25, -0.2) is 0 Å². The van der Waals surface area contributed by atoms with E-state index in [1.807, 2.05) is 19.2 Å². The van der Waals surface area contributed by atoms with E-state index in [0.717, 1.165) is 18.8 Å². The fourth-order valence-corrected chi connectivity index (χ4v) is 2.69. The van der Waals surface area contributed by atoms with E-state index in [4.69, 9.17) is 5.73 Å². The number of anilines is 1. The molecule has 0 bridgehead atoms. The number of aromatic nitrogens is 1. The molecule has 18 heavy (non-hydrogen) atoms. The zero-order valence-electron chi connectivity index (χ0n) is 11.8. The normalized spacial score (nSPS) is 25.8. The molecule has 0 radical (unpaired) electrons. The second kappa shape index (κ2) is 5.24. The lowest BCUT2D eigenvalue weighted by molar-refractivity contribution is 0.266.